The van der Waals surface area contributed by atoms with Crippen molar-refractivity contribution in [3.8, 4) is 0 Å². The molecule has 1 saturated carbocycles. The first kappa shape index (κ1) is 28.6. The Morgan fingerprint density at radius 3 is 2.47 bits per heavy atom. The van der Waals surface area contributed by atoms with Crippen LogP contribution >= 0.6 is 11.9 Å². The van der Waals surface area contributed by atoms with E-state index in [9.17, 15) is 4.79 Å². The molecule has 1 fully saturated rings. The predicted octanol–water partition coefficient (Wildman–Crippen LogP) is 6.06. The van der Waals surface area contributed by atoms with Crippen molar-refractivity contribution in [3.63, 3.8) is 0 Å². The Morgan fingerprint density at radius 2 is 1.74 bits per heavy atom. The van der Waals surface area contributed by atoms with E-state index in [1.165, 1.54) is 47.8 Å². The van der Waals surface area contributed by atoms with Crippen LogP contribution in [-0.4, -0.2) is 38.3 Å². The van der Waals surface area contributed by atoms with E-state index in [4.69, 9.17) is 10.5 Å². The van der Waals surface area contributed by atoms with E-state index in [2.05, 4.69) is 52.5 Å². The zero-order valence-electron chi connectivity index (χ0n) is 21.4. The van der Waals surface area contributed by atoms with Gasteiger partial charge in [0.1, 0.15) is 0 Å². The van der Waals surface area contributed by atoms with Crippen molar-refractivity contribution < 1.29 is 9.53 Å². The summed E-state index contributed by atoms with van der Waals surface area (Å²) in [6, 6.07) is 14.7. The SMILES string of the molecule is CC.COC(C(=O)NCCCCCNSc1ccc2ccccc2c1)C(N)CC1CCCCC1. The van der Waals surface area contributed by atoms with E-state index < -0.39 is 6.10 Å². The first-order chi connectivity index (χ1) is 16.7. The van der Waals surface area contributed by atoms with Gasteiger partial charge in [-0.15, -0.1) is 0 Å². The van der Waals surface area contributed by atoms with E-state index in [-0.39, 0.29) is 11.9 Å². The lowest BCUT2D eigenvalue weighted by Crippen LogP contribution is -2.48. The molecule has 1 amide bonds. The average Bonchev–Trinajstić information content (AvgIpc) is 2.87. The molecule has 3 rings (SSSR count). The second kappa shape index (κ2) is 16.9. The normalized spacial score (nSPS) is 15.9. The number of fused-ring (bicyclic) bond motifs is 1. The van der Waals surface area contributed by atoms with Crippen LogP contribution in [0.3, 0.4) is 0 Å². The van der Waals surface area contributed by atoms with Crippen LogP contribution in [0.1, 0.15) is 71.6 Å². The van der Waals surface area contributed by atoms with Crippen LogP contribution in [0.15, 0.2) is 47.4 Å². The van der Waals surface area contributed by atoms with Crippen LogP contribution < -0.4 is 15.8 Å². The number of nitrogens with two attached hydrogens (primary N) is 1. The Morgan fingerprint density at radius 1 is 1.03 bits per heavy atom. The Kier molecular flexibility index (Phi) is 14.3. The molecule has 0 aliphatic heterocycles. The molecule has 4 N–H and O–H groups in total. The van der Waals surface area contributed by atoms with Crippen molar-refractivity contribution in [1.29, 1.82) is 0 Å². The van der Waals surface area contributed by atoms with Gasteiger partial charge in [-0.3, -0.25) is 9.52 Å². The van der Waals surface area contributed by atoms with Gasteiger partial charge in [0.25, 0.3) is 5.91 Å². The molecule has 0 aromatic heterocycles. The molecule has 0 radical (unpaired) electrons. The largest absolute Gasteiger partial charge is 0.370 e. The van der Waals surface area contributed by atoms with Crippen molar-refractivity contribution in [2.45, 2.75) is 88.7 Å². The molecule has 6 heteroatoms. The second-order valence-corrected chi connectivity index (χ2v) is 9.88. The van der Waals surface area contributed by atoms with E-state index in [0.717, 1.165) is 32.2 Å². The van der Waals surface area contributed by atoms with Crippen LogP contribution in [0, 0.1) is 5.92 Å². The number of nitrogens with one attached hydrogen (secondary N) is 2. The number of unbranched alkanes of at least 4 members (excludes halogenated alkanes) is 2. The van der Waals surface area contributed by atoms with Gasteiger partial charge >= 0.3 is 0 Å². The van der Waals surface area contributed by atoms with Crippen molar-refractivity contribution in [2.75, 3.05) is 20.2 Å². The van der Waals surface area contributed by atoms with E-state index in [1.807, 2.05) is 13.8 Å². The second-order valence-electron chi connectivity index (χ2n) is 8.92. The highest BCUT2D eigenvalue weighted by Crippen LogP contribution is 2.28. The lowest BCUT2D eigenvalue weighted by molar-refractivity contribution is -0.132. The summed E-state index contributed by atoms with van der Waals surface area (Å²) >= 11 is 1.68. The molecule has 0 saturated heterocycles. The average molecular weight is 488 g/mol. The van der Waals surface area contributed by atoms with Crippen molar-refractivity contribution >= 4 is 28.6 Å². The standard InChI is InChI=1S/C26H39N3O2S.C2H6/c1-31-25(24(27)18-20-10-4-2-5-11-20)26(30)28-16-8-3-9-17-29-32-23-15-14-21-12-6-7-13-22(21)19-23;1-2/h6-7,12-15,19-20,24-25,29H,2-5,8-11,16-18,27H2,1H3,(H,28,30);1-2H3. The molecule has 2 unspecified atom stereocenters. The highest BCUT2D eigenvalue weighted by Gasteiger charge is 2.28. The van der Waals surface area contributed by atoms with Crippen molar-refractivity contribution in [2.24, 2.45) is 11.7 Å². The number of methoxy groups -OCH3 is 1. The highest BCUT2D eigenvalue weighted by atomic mass is 32.2. The molecule has 5 nitrogen and oxygen atoms in total. The predicted molar refractivity (Wildman–Crippen MR) is 146 cm³/mol. The molecular formula is C28H45N3O2S. The Labute approximate surface area is 211 Å². The fraction of sp³-hybridized carbons (Fsp3) is 0.607. The van der Waals surface area contributed by atoms with Gasteiger partial charge in [0, 0.05) is 31.1 Å². The number of carbonyl (C=O) groups excluding carboxylic acids is 1. The third-order valence-corrected chi connectivity index (χ3v) is 7.24. The molecule has 34 heavy (non-hydrogen) atoms. The molecule has 0 bridgehead atoms. The number of amides is 1. The Bertz CT molecular complexity index is 826. The maximum atomic E-state index is 12.5. The summed E-state index contributed by atoms with van der Waals surface area (Å²) in [6.07, 6.45) is 9.82. The van der Waals surface area contributed by atoms with Crippen LogP contribution in [0.5, 0.6) is 0 Å². The Hall–Kier alpha value is -1.60. The quantitative estimate of drug-likeness (QED) is 0.236. The minimum Gasteiger partial charge on any atom is -0.370 e. The molecule has 0 spiro atoms. The van der Waals surface area contributed by atoms with Gasteiger partial charge in [0.2, 0.25) is 0 Å². The maximum absolute atomic E-state index is 12.5. The van der Waals surface area contributed by atoms with Gasteiger partial charge in [-0.05, 0) is 60.0 Å². The molecule has 0 heterocycles. The van der Waals surface area contributed by atoms with Gasteiger partial charge in [-0.2, -0.15) is 0 Å². The summed E-state index contributed by atoms with van der Waals surface area (Å²) < 4.78 is 8.88. The van der Waals surface area contributed by atoms with Crippen LogP contribution in [0.4, 0.5) is 0 Å². The lowest BCUT2D eigenvalue weighted by atomic mass is 9.84. The van der Waals surface area contributed by atoms with E-state index in [1.54, 1.807) is 19.1 Å². The van der Waals surface area contributed by atoms with Gasteiger partial charge in [-0.25, -0.2) is 0 Å². The fourth-order valence-electron chi connectivity index (χ4n) is 4.58. The summed E-state index contributed by atoms with van der Waals surface area (Å²) in [5.74, 6) is 0.574. The number of ether oxygens (including phenoxy) is 1. The first-order valence-corrected chi connectivity index (χ1v) is 13.9. The maximum Gasteiger partial charge on any atom is 0.250 e. The number of benzene rings is 2. The fourth-order valence-corrected chi connectivity index (χ4v) is 5.32. The van der Waals surface area contributed by atoms with Crippen molar-refractivity contribution in [3.05, 3.63) is 42.5 Å². The minimum absolute atomic E-state index is 0.0687. The zero-order valence-corrected chi connectivity index (χ0v) is 22.2. The zero-order chi connectivity index (χ0) is 24.6. The van der Waals surface area contributed by atoms with Gasteiger partial charge in [0.05, 0.1) is 0 Å². The number of rotatable bonds is 13. The highest BCUT2D eigenvalue weighted by molar-refractivity contribution is 7.97. The monoisotopic (exact) mass is 487 g/mol. The molecule has 2 aromatic rings. The summed E-state index contributed by atoms with van der Waals surface area (Å²) in [7, 11) is 1.59. The summed E-state index contributed by atoms with van der Waals surface area (Å²) in [5.41, 5.74) is 6.33. The Balaban J connectivity index is 0.00000199. The minimum atomic E-state index is -0.544. The number of carbonyl (C=O) groups is 1. The lowest BCUT2D eigenvalue weighted by Gasteiger charge is -2.28. The first-order valence-electron chi connectivity index (χ1n) is 13.1. The summed E-state index contributed by atoms with van der Waals surface area (Å²) in [6.45, 7) is 5.62. The van der Waals surface area contributed by atoms with Crippen LogP contribution in [0.2, 0.25) is 0 Å². The number of hydrogen-bond donors (Lipinski definition) is 3. The topological polar surface area (TPSA) is 76.4 Å². The van der Waals surface area contributed by atoms with Gasteiger partial charge < -0.3 is 15.8 Å². The molecule has 1 aliphatic carbocycles. The molecule has 2 aromatic carbocycles. The molecular weight excluding hydrogens is 442 g/mol. The summed E-state index contributed by atoms with van der Waals surface area (Å²) in [5, 5.41) is 5.55. The molecule has 190 valence electrons. The number of hydrogen-bond acceptors (Lipinski definition) is 5. The van der Waals surface area contributed by atoms with E-state index in [0.29, 0.717) is 12.5 Å². The van der Waals surface area contributed by atoms with Gasteiger partial charge in [-0.1, -0.05) is 82.7 Å². The third-order valence-electron chi connectivity index (χ3n) is 6.40. The molecule has 1 aliphatic rings. The van der Waals surface area contributed by atoms with Crippen LogP contribution in [0.25, 0.3) is 10.8 Å². The third kappa shape index (κ3) is 9.95. The van der Waals surface area contributed by atoms with E-state index >= 15 is 0 Å². The molecule has 2 atom stereocenters. The van der Waals surface area contributed by atoms with Gasteiger partial charge in [0.15, 0.2) is 6.10 Å². The summed E-state index contributed by atoms with van der Waals surface area (Å²) in [4.78, 5) is 13.7. The van der Waals surface area contributed by atoms with Crippen LogP contribution in [-0.2, 0) is 9.53 Å². The van der Waals surface area contributed by atoms with Crippen molar-refractivity contribution in [1.82, 2.24) is 10.0 Å². The smallest absolute Gasteiger partial charge is 0.250 e.